The number of likely N-dealkylation sites (tertiary alicyclic amines) is 1. The predicted molar refractivity (Wildman–Crippen MR) is 108 cm³/mol. The van der Waals surface area contributed by atoms with Crippen molar-refractivity contribution in [3.8, 4) is 0 Å². The standard InChI is InChI=1S/C21H21ClN2O4/c1-23(2)16-9-5-13(6-10-16)18-17(20(27)21(28)24(18)11-12-25)19(26)14-3-7-15(22)8-4-14/h3-10,18,25-26H,11-12H2,1-2H3/t18-/m1/s1. The highest BCUT2D eigenvalue weighted by Gasteiger charge is 2.45. The molecule has 0 radical (unpaired) electrons. The van der Waals surface area contributed by atoms with Crippen LogP contribution in [0, 0.1) is 0 Å². The first-order valence-corrected chi connectivity index (χ1v) is 9.15. The Labute approximate surface area is 168 Å². The number of benzene rings is 2. The number of aliphatic hydroxyl groups excluding tert-OH is 2. The van der Waals surface area contributed by atoms with Crippen LogP contribution in [0.15, 0.2) is 54.1 Å². The van der Waals surface area contributed by atoms with E-state index in [2.05, 4.69) is 0 Å². The fourth-order valence-corrected chi connectivity index (χ4v) is 3.41. The van der Waals surface area contributed by atoms with Crippen molar-refractivity contribution in [3.63, 3.8) is 0 Å². The molecule has 1 heterocycles. The third-order valence-electron chi connectivity index (χ3n) is 4.72. The van der Waals surface area contributed by atoms with Crippen molar-refractivity contribution < 1.29 is 19.8 Å². The molecule has 0 aromatic heterocycles. The van der Waals surface area contributed by atoms with Crippen molar-refractivity contribution >= 4 is 34.7 Å². The van der Waals surface area contributed by atoms with Crippen molar-refractivity contribution in [2.45, 2.75) is 6.04 Å². The first-order chi connectivity index (χ1) is 13.3. The summed E-state index contributed by atoms with van der Waals surface area (Å²) in [7, 11) is 3.82. The van der Waals surface area contributed by atoms with Crippen LogP contribution < -0.4 is 4.90 Å². The van der Waals surface area contributed by atoms with E-state index in [0.29, 0.717) is 16.1 Å². The number of carbonyl (C=O) groups is 2. The van der Waals surface area contributed by atoms with E-state index >= 15 is 0 Å². The molecular weight excluding hydrogens is 380 g/mol. The van der Waals surface area contributed by atoms with E-state index in [4.69, 9.17) is 11.6 Å². The Balaban J connectivity index is 2.14. The number of hydrogen-bond acceptors (Lipinski definition) is 5. The monoisotopic (exact) mass is 400 g/mol. The zero-order valence-electron chi connectivity index (χ0n) is 15.6. The van der Waals surface area contributed by atoms with Gasteiger partial charge in [-0.2, -0.15) is 0 Å². The van der Waals surface area contributed by atoms with Crippen molar-refractivity contribution in [3.05, 3.63) is 70.3 Å². The lowest BCUT2D eigenvalue weighted by Crippen LogP contribution is -2.32. The molecule has 1 atom stereocenters. The number of β-amino-alcohol motifs (C(OH)–C–C–N with tert-alkyl or cyclic N) is 1. The molecule has 2 aromatic rings. The summed E-state index contributed by atoms with van der Waals surface area (Å²) < 4.78 is 0. The van der Waals surface area contributed by atoms with Crippen LogP contribution in [0.1, 0.15) is 17.2 Å². The number of carbonyl (C=O) groups excluding carboxylic acids is 2. The molecule has 0 spiro atoms. The maximum atomic E-state index is 12.7. The van der Waals surface area contributed by atoms with Gasteiger partial charge in [0.05, 0.1) is 18.2 Å². The summed E-state index contributed by atoms with van der Waals surface area (Å²) in [6.45, 7) is -0.303. The molecule has 2 aromatic carbocycles. The van der Waals surface area contributed by atoms with Gasteiger partial charge in [0, 0.05) is 36.9 Å². The van der Waals surface area contributed by atoms with Gasteiger partial charge in [-0.15, -0.1) is 0 Å². The Kier molecular flexibility index (Phi) is 5.72. The maximum absolute atomic E-state index is 12.7. The summed E-state index contributed by atoms with van der Waals surface area (Å²) in [6.07, 6.45) is 0. The second kappa shape index (κ2) is 8.04. The van der Waals surface area contributed by atoms with Gasteiger partial charge >= 0.3 is 0 Å². The lowest BCUT2D eigenvalue weighted by Gasteiger charge is -2.25. The normalized spacial score (nSPS) is 18.6. The van der Waals surface area contributed by atoms with Gasteiger partial charge in [0.25, 0.3) is 11.7 Å². The second-order valence-electron chi connectivity index (χ2n) is 6.71. The van der Waals surface area contributed by atoms with Crippen LogP contribution >= 0.6 is 11.6 Å². The molecule has 0 bridgehead atoms. The number of ketones is 1. The van der Waals surface area contributed by atoms with Crippen LogP contribution in [-0.4, -0.2) is 54.1 Å². The van der Waals surface area contributed by atoms with Gasteiger partial charge in [-0.1, -0.05) is 23.7 Å². The van der Waals surface area contributed by atoms with Crippen LogP contribution in [0.25, 0.3) is 5.76 Å². The second-order valence-corrected chi connectivity index (χ2v) is 7.15. The summed E-state index contributed by atoms with van der Waals surface area (Å²) in [5.41, 5.74) is 2.02. The van der Waals surface area contributed by atoms with Crippen LogP contribution in [0.2, 0.25) is 5.02 Å². The molecule has 3 rings (SSSR count). The smallest absolute Gasteiger partial charge is 0.295 e. The Morgan fingerprint density at radius 2 is 1.68 bits per heavy atom. The molecule has 1 aliphatic heterocycles. The number of amides is 1. The SMILES string of the molecule is CN(C)c1ccc([C@@H]2C(=C(O)c3ccc(Cl)cc3)C(=O)C(=O)N2CCO)cc1. The van der Waals surface area contributed by atoms with Gasteiger partial charge < -0.3 is 20.0 Å². The molecule has 2 N–H and O–H groups in total. The first-order valence-electron chi connectivity index (χ1n) is 8.77. The summed E-state index contributed by atoms with van der Waals surface area (Å²) in [4.78, 5) is 28.5. The Hall–Kier alpha value is -2.83. The highest BCUT2D eigenvalue weighted by molar-refractivity contribution is 6.46. The lowest BCUT2D eigenvalue weighted by atomic mass is 9.95. The number of aliphatic hydroxyl groups is 2. The fourth-order valence-electron chi connectivity index (χ4n) is 3.28. The third-order valence-corrected chi connectivity index (χ3v) is 4.98. The number of nitrogens with zero attached hydrogens (tertiary/aromatic N) is 2. The van der Waals surface area contributed by atoms with Crippen LogP contribution in [0.3, 0.4) is 0 Å². The molecule has 1 saturated heterocycles. The fraction of sp³-hybridized carbons (Fsp3) is 0.238. The van der Waals surface area contributed by atoms with E-state index in [9.17, 15) is 19.8 Å². The summed E-state index contributed by atoms with van der Waals surface area (Å²) in [6, 6.07) is 13.0. The molecule has 1 aliphatic rings. The third kappa shape index (κ3) is 3.61. The summed E-state index contributed by atoms with van der Waals surface area (Å²) in [5, 5.41) is 20.7. The van der Waals surface area contributed by atoms with Gasteiger partial charge in [-0.25, -0.2) is 0 Å². The van der Waals surface area contributed by atoms with E-state index in [1.165, 1.54) is 4.90 Å². The summed E-state index contributed by atoms with van der Waals surface area (Å²) in [5.74, 6) is -1.79. The number of rotatable bonds is 5. The Morgan fingerprint density at radius 3 is 2.21 bits per heavy atom. The van der Waals surface area contributed by atoms with Crippen molar-refractivity contribution in [1.29, 1.82) is 0 Å². The molecular formula is C21H21ClN2O4. The average molecular weight is 401 g/mol. The number of halogens is 1. The van der Waals surface area contributed by atoms with Crippen LogP contribution in [0.4, 0.5) is 5.69 Å². The topological polar surface area (TPSA) is 81.1 Å². The Morgan fingerprint density at radius 1 is 1.07 bits per heavy atom. The lowest BCUT2D eigenvalue weighted by molar-refractivity contribution is -0.140. The molecule has 0 saturated carbocycles. The van der Waals surface area contributed by atoms with Gasteiger partial charge in [-0.3, -0.25) is 9.59 Å². The Bertz CT molecular complexity index is 920. The largest absolute Gasteiger partial charge is 0.507 e. The highest BCUT2D eigenvalue weighted by Crippen LogP contribution is 2.39. The van der Waals surface area contributed by atoms with Gasteiger partial charge in [0.2, 0.25) is 0 Å². The zero-order chi connectivity index (χ0) is 20.4. The van der Waals surface area contributed by atoms with E-state index in [1.807, 2.05) is 43.3 Å². The van der Waals surface area contributed by atoms with Crippen LogP contribution in [-0.2, 0) is 9.59 Å². The summed E-state index contributed by atoms with van der Waals surface area (Å²) >= 11 is 5.90. The number of anilines is 1. The zero-order valence-corrected chi connectivity index (χ0v) is 16.3. The molecule has 6 nitrogen and oxygen atoms in total. The van der Waals surface area contributed by atoms with E-state index in [1.54, 1.807) is 24.3 Å². The van der Waals surface area contributed by atoms with Gasteiger partial charge in [0.1, 0.15) is 5.76 Å². The highest BCUT2D eigenvalue weighted by atomic mass is 35.5. The van der Waals surface area contributed by atoms with Crippen molar-refractivity contribution in [1.82, 2.24) is 4.90 Å². The number of hydrogen-bond donors (Lipinski definition) is 2. The number of Topliss-reactive ketones (excluding diaryl/α,β-unsaturated/α-hetero) is 1. The molecule has 0 unspecified atom stereocenters. The van der Waals surface area contributed by atoms with E-state index in [-0.39, 0.29) is 24.5 Å². The minimum atomic E-state index is -0.779. The van der Waals surface area contributed by atoms with Gasteiger partial charge in [-0.05, 0) is 42.0 Å². The molecule has 7 heteroatoms. The molecule has 0 aliphatic carbocycles. The first kappa shape index (κ1) is 19.9. The average Bonchev–Trinajstić information content (AvgIpc) is 2.93. The molecule has 1 amide bonds. The molecule has 146 valence electrons. The maximum Gasteiger partial charge on any atom is 0.295 e. The minimum absolute atomic E-state index is 0.00150. The van der Waals surface area contributed by atoms with E-state index < -0.39 is 17.7 Å². The predicted octanol–water partition coefficient (Wildman–Crippen LogP) is 2.82. The molecule has 28 heavy (non-hydrogen) atoms. The van der Waals surface area contributed by atoms with Gasteiger partial charge in [0.15, 0.2) is 0 Å². The van der Waals surface area contributed by atoms with Crippen molar-refractivity contribution in [2.75, 3.05) is 32.1 Å². The van der Waals surface area contributed by atoms with E-state index in [0.717, 1.165) is 5.69 Å². The van der Waals surface area contributed by atoms with Crippen LogP contribution in [0.5, 0.6) is 0 Å². The van der Waals surface area contributed by atoms with Crippen molar-refractivity contribution in [2.24, 2.45) is 0 Å². The molecule has 1 fully saturated rings. The quantitative estimate of drug-likeness (QED) is 0.458. The minimum Gasteiger partial charge on any atom is -0.507 e.